The minimum Gasteiger partial charge on any atom is -0.330 e. The van der Waals surface area contributed by atoms with Crippen molar-refractivity contribution in [3.8, 4) is 0 Å². The number of carbonyl (C=O) groups is 5. The minimum atomic E-state index is -1.02. The second-order valence-corrected chi connectivity index (χ2v) is 5.04. The van der Waals surface area contributed by atoms with Crippen molar-refractivity contribution in [3.63, 3.8) is 0 Å². The van der Waals surface area contributed by atoms with Crippen LogP contribution in [0.5, 0.6) is 0 Å². The van der Waals surface area contributed by atoms with Crippen molar-refractivity contribution >= 4 is 29.7 Å². The number of imide groups is 1. The van der Waals surface area contributed by atoms with Crippen LogP contribution in [0, 0.1) is 0 Å². The van der Waals surface area contributed by atoms with Gasteiger partial charge in [-0.1, -0.05) is 0 Å². The molecule has 26 heavy (non-hydrogen) atoms. The highest BCUT2D eigenvalue weighted by Gasteiger charge is 2.32. The second-order valence-electron chi connectivity index (χ2n) is 5.04. The Balaban J connectivity index is 1.70. The molecule has 0 atom stereocenters. The lowest BCUT2D eigenvalue weighted by Gasteiger charge is -2.15. The summed E-state index contributed by atoms with van der Waals surface area (Å²) < 4.78 is 0. The number of rotatable bonds is 6. The van der Waals surface area contributed by atoms with E-state index in [4.69, 9.17) is 4.84 Å². The molecule has 0 N–H and O–H groups in total. The SMILES string of the molecule is CN(OC(=O)c1nncnn1)C(=O)CCCC(=O)ON1C(=O)CCC1=O. The van der Waals surface area contributed by atoms with E-state index in [1.807, 2.05) is 0 Å². The van der Waals surface area contributed by atoms with Crippen molar-refractivity contribution < 1.29 is 33.6 Å². The van der Waals surface area contributed by atoms with Gasteiger partial charge in [0.25, 0.3) is 23.5 Å². The highest BCUT2D eigenvalue weighted by atomic mass is 16.7. The highest BCUT2D eigenvalue weighted by Crippen LogP contribution is 2.13. The molecule has 2 heterocycles. The van der Waals surface area contributed by atoms with Gasteiger partial charge in [-0.05, 0) is 6.42 Å². The van der Waals surface area contributed by atoms with Crippen molar-refractivity contribution in [3.05, 3.63) is 12.2 Å². The lowest BCUT2D eigenvalue weighted by atomic mass is 10.2. The third-order valence-electron chi connectivity index (χ3n) is 3.13. The van der Waals surface area contributed by atoms with Crippen LogP contribution in [0.15, 0.2) is 6.33 Å². The predicted molar refractivity (Wildman–Crippen MR) is 76.8 cm³/mol. The highest BCUT2D eigenvalue weighted by molar-refractivity contribution is 6.01. The maximum absolute atomic E-state index is 11.8. The molecule has 0 saturated carbocycles. The first-order valence-electron chi connectivity index (χ1n) is 7.44. The van der Waals surface area contributed by atoms with Gasteiger partial charge in [-0.25, -0.2) is 9.59 Å². The summed E-state index contributed by atoms with van der Waals surface area (Å²) in [7, 11) is 1.20. The summed E-state index contributed by atoms with van der Waals surface area (Å²) in [6.45, 7) is 0. The molecule has 13 heteroatoms. The first-order valence-corrected chi connectivity index (χ1v) is 7.44. The Morgan fingerprint density at radius 2 is 1.73 bits per heavy atom. The van der Waals surface area contributed by atoms with E-state index in [9.17, 15) is 24.0 Å². The van der Waals surface area contributed by atoms with E-state index >= 15 is 0 Å². The van der Waals surface area contributed by atoms with Crippen LogP contribution in [0.2, 0.25) is 0 Å². The molecule has 0 spiro atoms. The number of hydrogen-bond donors (Lipinski definition) is 0. The van der Waals surface area contributed by atoms with Crippen LogP contribution in [0.4, 0.5) is 0 Å². The van der Waals surface area contributed by atoms with Crippen molar-refractivity contribution in [2.45, 2.75) is 32.1 Å². The topological polar surface area (TPSA) is 162 Å². The van der Waals surface area contributed by atoms with Gasteiger partial charge in [0.15, 0.2) is 6.33 Å². The van der Waals surface area contributed by atoms with Crippen LogP contribution in [-0.4, -0.2) is 67.2 Å². The fourth-order valence-electron chi connectivity index (χ4n) is 1.85. The van der Waals surface area contributed by atoms with Crippen molar-refractivity contribution in [1.82, 2.24) is 30.5 Å². The van der Waals surface area contributed by atoms with Gasteiger partial charge in [0.1, 0.15) is 0 Å². The lowest BCUT2D eigenvalue weighted by Crippen LogP contribution is -2.32. The molecule has 0 radical (unpaired) electrons. The summed E-state index contributed by atoms with van der Waals surface area (Å²) in [6, 6.07) is 0. The first kappa shape index (κ1) is 18.8. The molecule has 3 amide bonds. The van der Waals surface area contributed by atoms with Gasteiger partial charge < -0.3 is 9.68 Å². The third-order valence-corrected chi connectivity index (χ3v) is 3.13. The molecule has 0 aromatic carbocycles. The maximum atomic E-state index is 11.8. The molecule has 1 aromatic rings. The largest absolute Gasteiger partial charge is 0.404 e. The van der Waals surface area contributed by atoms with E-state index in [2.05, 4.69) is 25.2 Å². The summed E-state index contributed by atoms with van der Waals surface area (Å²) in [6.07, 6.45) is 0.718. The van der Waals surface area contributed by atoms with E-state index < -0.39 is 35.5 Å². The summed E-state index contributed by atoms with van der Waals surface area (Å²) in [4.78, 5) is 67.1. The van der Waals surface area contributed by atoms with Gasteiger partial charge in [-0.2, -0.15) is 5.06 Å². The smallest absolute Gasteiger partial charge is 0.330 e. The number of amides is 3. The zero-order valence-corrected chi connectivity index (χ0v) is 13.7. The molecule has 0 bridgehead atoms. The molecule has 1 saturated heterocycles. The lowest BCUT2D eigenvalue weighted by molar-refractivity contribution is -0.197. The molecule has 1 aromatic heterocycles. The number of carbonyl (C=O) groups excluding carboxylic acids is 5. The number of hydrogen-bond acceptors (Lipinski definition) is 11. The van der Waals surface area contributed by atoms with Crippen molar-refractivity contribution in [2.75, 3.05) is 7.05 Å². The normalized spacial score (nSPS) is 13.5. The summed E-state index contributed by atoms with van der Waals surface area (Å²) >= 11 is 0. The molecule has 1 aliphatic heterocycles. The Hall–Kier alpha value is -3.51. The Labute approximate surface area is 146 Å². The van der Waals surface area contributed by atoms with E-state index in [1.54, 1.807) is 0 Å². The van der Waals surface area contributed by atoms with Gasteiger partial charge in [-0.15, -0.1) is 25.5 Å². The quantitative estimate of drug-likeness (QED) is 0.428. The Morgan fingerprint density at radius 3 is 2.35 bits per heavy atom. The van der Waals surface area contributed by atoms with Crippen molar-refractivity contribution in [2.24, 2.45) is 0 Å². The molecule has 0 aliphatic carbocycles. The molecule has 0 unspecified atom stereocenters. The third kappa shape index (κ3) is 4.99. The van der Waals surface area contributed by atoms with Crippen LogP contribution in [0.25, 0.3) is 0 Å². The van der Waals surface area contributed by atoms with E-state index in [0.29, 0.717) is 10.1 Å². The Morgan fingerprint density at radius 1 is 1.12 bits per heavy atom. The first-order chi connectivity index (χ1) is 12.4. The van der Waals surface area contributed by atoms with Gasteiger partial charge in [-0.3, -0.25) is 14.4 Å². The standard InChI is InChI=1S/C13H14N6O7/c1-18(26-13(24)12-16-14-7-15-17-12)8(20)3-2-4-11(23)25-19-9(21)5-6-10(19)22/h7H,2-6H2,1H3. The Kier molecular flexibility index (Phi) is 6.19. The van der Waals surface area contributed by atoms with E-state index in [-0.39, 0.29) is 32.1 Å². The second kappa shape index (κ2) is 8.55. The Bertz CT molecular complexity index is 709. The number of nitrogens with zero attached hydrogens (tertiary/aromatic N) is 6. The van der Waals surface area contributed by atoms with E-state index in [1.165, 1.54) is 7.05 Å². The average Bonchev–Trinajstić information content (AvgIpc) is 2.94. The molecule has 1 aliphatic rings. The van der Waals surface area contributed by atoms with Gasteiger partial charge in [0.2, 0.25) is 0 Å². The van der Waals surface area contributed by atoms with Crippen LogP contribution >= 0.6 is 0 Å². The van der Waals surface area contributed by atoms with Crippen LogP contribution in [0.1, 0.15) is 42.7 Å². The number of hydroxylamine groups is 4. The summed E-state index contributed by atoms with van der Waals surface area (Å²) in [5, 5.41) is 14.6. The maximum Gasteiger partial charge on any atom is 0.404 e. The molecule has 1 fully saturated rings. The van der Waals surface area contributed by atoms with Crippen LogP contribution in [-0.2, 0) is 28.9 Å². The van der Waals surface area contributed by atoms with Crippen molar-refractivity contribution in [1.29, 1.82) is 0 Å². The molecule has 2 rings (SSSR count). The van der Waals surface area contributed by atoms with Crippen LogP contribution < -0.4 is 0 Å². The van der Waals surface area contributed by atoms with Crippen LogP contribution in [0.3, 0.4) is 0 Å². The average molecular weight is 366 g/mol. The van der Waals surface area contributed by atoms with Gasteiger partial charge in [0.05, 0.1) is 0 Å². The number of aromatic nitrogens is 4. The summed E-state index contributed by atoms with van der Waals surface area (Å²) in [5.74, 6) is -4.04. The predicted octanol–water partition coefficient (Wildman–Crippen LogP) is -1.43. The molecule has 13 nitrogen and oxygen atoms in total. The fourth-order valence-corrected chi connectivity index (χ4v) is 1.85. The monoisotopic (exact) mass is 366 g/mol. The molecular weight excluding hydrogens is 352 g/mol. The summed E-state index contributed by atoms with van der Waals surface area (Å²) in [5.41, 5.74) is 0. The zero-order valence-electron chi connectivity index (χ0n) is 13.7. The minimum absolute atomic E-state index is 0.00305. The van der Waals surface area contributed by atoms with Gasteiger partial charge in [0, 0.05) is 32.7 Å². The molecule has 138 valence electrons. The molecular formula is C13H14N6O7. The zero-order chi connectivity index (χ0) is 19.1. The van der Waals surface area contributed by atoms with E-state index in [0.717, 1.165) is 6.33 Å². The van der Waals surface area contributed by atoms with Gasteiger partial charge >= 0.3 is 11.9 Å². The fraction of sp³-hybridized carbons (Fsp3) is 0.462.